The molecule has 3 fully saturated rings. The van der Waals surface area contributed by atoms with Gasteiger partial charge in [0.1, 0.15) is 0 Å². The fourth-order valence-corrected chi connectivity index (χ4v) is 4.12. The van der Waals surface area contributed by atoms with E-state index in [2.05, 4.69) is 25.1 Å². The zero-order chi connectivity index (χ0) is 15.0. The van der Waals surface area contributed by atoms with Crippen molar-refractivity contribution in [2.75, 3.05) is 49.1 Å². The van der Waals surface area contributed by atoms with E-state index in [1.807, 2.05) is 0 Å². The molecular weight excluding hydrogens is 278 g/mol. The maximum atomic E-state index is 10.8. The Hall–Kier alpha value is -1.40. The van der Waals surface area contributed by atoms with Crippen LogP contribution in [0.1, 0.15) is 25.7 Å². The van der Waals surface area contributed by atoms with E-state index >= 15 is 0 Å². The molecule has 120 valence electrons. The largest absolute Gasteiger partial charge is 0.389 e. The molecule has 0 unspecified atom stereocenters. The number of piperidine rings is 2. The minimum absolute atomic E-state index is 0.281. The van der Waals surface area contributed by atoms with Gasteiger partial charge in [-0.2, -0.15) is 0 Å². The molecule has 0 aromatic carbocycles. The highest BCUT2D eigenvalue weighted by molar-refractivity contribution is 5.63. The van der Waals surface area contributed by atoms with Crippen molar-refractivity contribution in [1.29, 1.82) is 0 Å². The highest BCUT2D eigenvalue weighted by Gasteiger charge is 2.43. The van der Waals surface area contributed by atoms with Crippen LogP contribution in [0.3, 0.4) is 0 Å². The predicted molar refractivity (Wildman–Crippen MR) is 86.2 cm³/mol. The predicted octanol–water partition coefficient (Wildman–Crippen LogP) is 0.627. The molecule has 4 rings (SSSR count). The summed E-state index contributed by atoms with van der Waals surface area (Å²) < 4.78 is 0. The Morgan fingerprint density at radius 1 is 1.05 bits per heavy atom. The third-order valence-corrected chi connectivity index (χ3v) is 5.51. The summed E-state index contributed by atoms with van der Waals surface area (Å²) in [7, 11) is 0. The molecule has 1 aromatic rings. The van der Waals surface area contributed by atoms with Gasteiger partial charge in [-0.05, 0) is 32.2 Å². The summed E-state index contributed by atoms with van der Waals surface area (Å²) in [6, 6.07) is 0. The number of rotatable bonds is 2. The number of hydrogen-bond donors (Lipinski definition) is 2. The van der Waals surface area contributed by atoms with Crippen molar-refractivity contribution in [3.05, 3.63) is 12.4 Å². The number of aromatic nitrogens is 2. The molecule has 3 aliphatic heterocycles. The van der Waals surface area contributed by atoms with E-state index in [-0.39, 0.29) is 5.92 Å². The van der Waals surface area contributed by atoms with Crippen LogP contribution in [-0.4, -0.2) is 59.9 Å². The molecule has 2 atom stereocenters. The summed E-state index contributed by atoms with van der Waals surface area (Å²) in [5, 5.41) is 14.2. The third-order valence-electron chi connectivity index (χ3n) is 5.51. The lowest BCUT2D eigenvalue weighted by atomic mass is 9.76. The Kier molecular flexibility index (Phi) is 3.66. The van der Waals surface area contributed by atoms with Crippen LogP contribution in [-0.2, 0) is 0 Å². The van der Waals surface area contributed by atoms with Crippen LogP contribution in [0.4, 0.5) is 11.6 Å². The van der Waals surface area contributed by atoms with E-state index in [4.69, 9.17) is 0 Å². The summed E-state index contributed by atoms with van der Waals surface area (Å²) in [5.74, 6) is 2.30. The Labute approximate surface area is 131 Å². The van der Waals surface area contributed by atoms with Crippen molar-refractivity contribution in [3.63, 3.8) is 0 Å². The quantitative estimate of drug-likeness (QED) is 0.835. The van der Waals surface area contributed by atoms with Crippen molar-refractivity contribution in [2.45, 2.75) is 31.3 Å². The number of nitrogens with one attached hydrogen (secondary N) is 1. The molecule has 3 aliphatic rings. The molecule has 0 aliphatic carbocycles. The van der Waals surface area contributed by atoms with Gasteiger partial charge < -0.3 is 20.2 Å². The number of aliphatic hydroxyl groups is 1. The molecule has 22 heavy (non-hydrogen) atoms. The van der Waals surface area contributed by atoms with E-state index in [1.165, 1.54) is 12.8 Å². The van der Waals surface area contributed by atoms with Gasteiger partial charge in [0.05, 0.1) is 5.60 Å². The highest BCUT2D eigenvalue weighted by Crippen LogP contribution is 2.36. The Balaban J connectivity index is 1.57. The van der Waals surface area contributed by atoms with E-state index in [9.17, 15) is 5.11 Å². The van der Waals surface area contributed by atoms with E-state index in [0.717, 1.165) is 63.7 Å². The average molecular weight is 303 g/mol. The fraction of sp³-hybridized carbons (Fsp3) is 0.750. The Morgan fingerprint density at radius 3 is 2.55 bits per heavy atom. The van der Waals surface area contributed by atoms with E-state index in [1.54, 1.807) is 12.4 Å². The monoisotopic (exact) mass is 303 g/mol. The van der Waals surface area contributed by atoms with Crippen LogP contribution in [0.15, 0.2) is 12.4 Å². The Bertz CT molecular complexity index is 533. The lowest BCUT2D eigenvalue weighted by Crippen LogP contribution is -2.59. The minimum Gasteiger partial charge on any atom is -0.389 e. The first-order valence-corrected chi connectivity index (χ1v) is 8.50. The van der Waals surface area contributed by atoms with Crippen LogP contribution in [0.2, 0.25) is 0 Å². The van der Waals surface area contributed by atoms with E-state index < -0.39 is 5.60 Å². The van der Waals surface area contributed by atoms with Gasteiger partial charge in [-0.3, -0.25) is 0 Å². The zero-order valence-corrected chi connectivity index (χ0v) is 13.0. The molecule has 3 saturated heterocycles. The fourth-order valence-electron chi connectivity index (χ4n) is 4.12. The van der Waals surface area contributed by atoms with Crippen LogP contribution in [0.5, 0.6) is 0 Å². The van der Waals surface area contributed by atoms with Crippen molar-refractivity contribution < 1.29 is 5.11 Å². The molecular formula is C16H25N5O. The molecule has 0 spiro atoms. The molecule has 0 amide bonds. The molecule has 0 bridgehead atoms. The number of hydrogen-bond acceptors (Lipinski definition) is 6. The SMILES string of the molecule is O[C@]12CCNC[C@H]1CN(c1nccnc1N1CCCC1)CC2. The second kappa shape index (κ2) is 5.66. The van der Waals surface area contributed by atoms with Gasteiger partial charge in [0.25, 0.3) is 0 Å². The van der Waals surface area contributed by atoms with Crippen molar-refractivity contribution >= 4 is 11.6 Å². The standard InChI is InChI=1S/C16H25N5O/c22-16-3-5-17-11-13(16)12-21(10-4-16)15-14(18-6-7-19-15)20-8-1-2-9-20/h6-7,13,17,22H,1-5,8-12H2/t13-,16-/m0/s1. The molecule has 6 heteroatoms. The summed E-state index contributed by atoms with van der Waals surface area (Å²) in [4.78, 5) is 13.9. The maximum absolute atomic E-state index is 10.8. The minimum atomic E-state index is -0.488. The summed E-state index contributed by atoms with van der Waals surface area (Å²) in [5.41, 5.74) is -0.488. The number of nitrogens with zero attached hydrogens (tertiary/aromatic N) is 4. The first-order chi connectivity index (χ1) is 10.8. The van der Waals surface area contributed by atoms with Gasteiger partial charge in [0.2, 0.25) is 0 Å². The smallest absolute Gasteiger partial charge is 0.171 e. The molecule has 4 heterocycles. The average Bonchev–Trinajstić information content (AvgIpc) is 3.08. The van der Waals surface area contributed by atoms with Crippen LogP contribution < -0.4 is 15.1 Å². The van der Waals surface area contributed by atoms with Gasteiger partial charge in [-0.25, -0.2) is 9.97 Å². The lowest BCUT2D eigenvalue weighted by Gasteiger charge is -2.48. The molecule has 1 aromatic heterocycles. The van der Waals surface area contributed by atoms with Crippen LogP contribution in [0.25, 0.3) is 0 Å². The van der Waals surface area contributed by atoms with Crippen molar-refractivity contribution in [3.8, 4) is 0 Å². The van der Waals surface area contributed by atoms with Gasteiger partial charge in [0, 0.05) is 51.0 Å². The van der Waals surface area contributed by atoms with Gasteiger partial charge in [0.15, 0.2) is 11.6 Å². The number of fused-ring (bicyclic) bond motifs is 1. The lowest BCUT2D eigenvalue weighted by molar-refractivity contribution is -0.0539. The third kappa shape index (κ3) is 2.44. The summed E-state index contributed by atoms with van der Waals surface area (Å²) >= 11 is 0. The topological polar surface area (TPSA) is 64.5 Å². The maximum Gasteiger partial charge on any atom is 0.171 e. The van der Waals surface area contributed by atoms with Crippen LogP contribution >= 0.6 is 0 Å². The first-order valence-electron chi connectivity index (χ1n) is 8.50. The van der Waals surface area contributed by atoms with E-state index in [0.29, 0.717) is 0 Å². The van der Waals surface area contributed by atoms with Gasteiger partial charge in [-0.1, -0.05) is 0 Å². The second-order valence-electron chi connectivity index (χ2n) is 6.85. The molecule has 0 radical (unpaired) electrons. The second-order valence-corrected chi connectivity index (χ2v) is 6.85. The highest BCUT2D eigenvalue weighted by atomic mass is 16.3. The van der Waals surface area contributed by atoms with Gasteiger partial charge >= 0.3 is 0 Å². The van der Waals surface area contributed by atoms with Crippen LogP contribution in [0, 0.1) is 5.92 Å². The normalized spacial score (nSPS) is 32.1. The van der Waals surface area contributed by atoms with Crippen molar-refractivity contribution in [2.24, 2.45) is 5.92 Å². The Morgan fingerprint density at radius 2 is 1.77 bits per heavy atom. The zero-order valence-electron chi connectivity index (χ0n) is 13.0. The molecule has 0 saturated carbocycles. The molecule has 2 N–H and O–H groups in total. The molecule has 6 nitrogen and oxygen atoms in total. The van der Waals surface area contributed by atoms with Gasteiger partial charge in [-0.15, -0.1) is 0 Å². The van der Waals surface area contributed by atoms with Crippen molar-refractivity contribution in [1.82, 2.24) is 15.3 Å². The summed E-state index contributed by atoms with van der Waals surface area (Å²) in [6.45, 7) is 5.71. The summed E-state index contributed by atoms with van der Waals surface area (Å²) in [6.07, 6.45) is 7.75. The first kappa shape index (κ1) is 14.2. The number of anilines is 2.